The van der Waals surface area contributed by atoms with Crippen LogP contribution in [0.4, 0.5) is 5.00 Å². The summed E-state index contributed by atoms with van der Waals surface area (Å²) in [7, 11) is 1.62. The third-order valence-corrected chi connectivity index (χ3v) is 5.74. The Labute approximate surface area is 160 Å². The minimum Gasteiger partial charge on any atom is -0.496 e. The molecule has 0 aliphatic carbocycles. The zero-order valence-electron chi connectivity index (χ0n) is 14.6. The number of hydrogen-bond donors (Lipinski definition) is 2. The second-order valence-electron chi connectivity index (χ2n) is 5.64. The normalized spacial score (nSPS) is 11.7. The van der Waals surface area contributed by atoms with Gasteiger partial charge < -0.3 is 15.4 Å². The average molecular weight is 422 g/mol. The first-order valence-electron chi connectivity index (χ1n) is 7.74. The number of carbonyl (C=O) groups excluding carboxylic acids is 1. The molecule has 0 fully saturated rings. The van der Waals surface area contributed by atoms with Gasteiger partial charge in [0, 0.05) is 10.9 Å². The molecule has 5 nitrogen and oxygen atoms in total. The molecule has 0 saturated heterocycles. The van der Waals surface area contributed by atoms with Crippen LogP contribution in [0.5, 0.6) is 5.75 Å². The molecule has 0 radical (unpaired) electrons. The van der Waals surface area contributed by atoms with E-state index in [-0.39, 0.29) is 18.5 Å². The van der Waals surface area contributed by atoms with Crippen LogP contribution in [0.1, 0.15) is 34.5 Å². The average Bonchev–Trinajstić information content (AvgIpc) is 2.85. The highest BCUT2D eigenvalue weighted by atomic mass is 79.9. The molecule has 1 amide bonds. The van der Waals surface area contributed by atoms with Crippen molar-refractivity contribution in [2.24, 2.45) is 0 Å². The molecule has 25 heavy (non-hydrogen) atoms. The standard InChI is InChI=1S/C18H20BrN3O2S/c1-10-12(3)25-18(14(10)8-20)22-17(23)9-21-11(2)13-5-6-16(24-4)15(19)7-13/h5-7,11,21H,9H2,1-4H3,(H,22,23). The number of thiophene rings is 1. The maximum atomic E-state index is 12.2. The van der Waals surface area contributed by atoms with Crippen LogP contribution < -0.4 is 15.4 Å². The van der Waals surface area contributed by atoms with Gasteiger partial charge >= 0.3 is 0 Å². The Morgan fingerprint density at radius 2 is 2.16 bits per heavy atom. The molecule has 1 unspecified atom stereocenters. The lowest BCUT2D eigenvalue weighted by Crippen LogP contribution is -2.30. The van der Waals surface area contributed by atoms with Crippen molar-refractivity contribution in [1.82, 2.24) is 5.32 Å². The summed E-state index contributed by atoms with van der Waals surface area (Å²) in [4.78, 5) is 13.2. The van der Waals surface area contributed by atoms with Crippen LogP contribution in [0.25, 0.3) is 0 Å². The number of nitrogens with one attached hydrogen (secondary N) is 2. The number of nitrogens with zero attached hydrogens (tertiary/aromatic N) is 1. The highest BCUT2D eigenvalue weighted by molar-refractivity contribution is 9.10. The molecular weight excluding hydrogens is 402 g/mol. The lowest BCUT2D eigenvalue weighted by atomic mass is 10.1. The van der Waals surface area contributed by atoms with Crippen molar-refractivity contribution < 1.29 is 9.53 Å². The predicted octanol–water partition coefficient (Wildman–Crippen LogP) is 4.30. The van der Waals surface area contributed by atoms with Crippen LogP contribution >= 0.6 is 27.3 Å². The molecule has 132 valence electrons. The topological polar surface area (TPSA) is 74.2 Å². The highest BCUT2D eigenvalue weighted by Gasteiger charge is 2.15. The van der Waals surface area contributed by atoms with E-state index in [4.69, 9.17) is 4.74 Å². The van der Waals surface area contributed by atoms with Crippen molar-refractivity contribution in [2.75, 3.05) is 19.0 Å². The molecule has 0 spiro atoms. The van der Waals surface area contributed by atoms with Crippen LogP contribution in [0.2, 0.25) is 0 Å². The van der Waals surface area contributed by atoms with E-state index in [1.807, 2.05) is 39.0 Å². The van der Waals surface area contributed by atoms with Gasteiger partial charge in [0.1, 0.15) is 16.8 Å². The van der Waals surface area contributed by atoms with Crippen molar-refractivity contribution in [2.45, 2.75) is 26.8 Å². The first kappa shape index (κ1) is 19.4. The van der Waals surface area contributed by atoms with Gasteiger partial charge in [-0.05, 0) is 60.0 Å². The van der Waals surface area contributed by atoms with E-state index in [1.165, 1.54) is 11.3 Å². The second kappa shape index (κ2) is 8.48. The molecule has 0 bridgehead atoms. The maximum Gasteiger partial charge on any atom is 0.238 e. The zero-order chi connectivity index (χ0) is 18.6. The summed E-state index contributed by atoms with van der Waals surface area (Å²) in [5.74, 6) is 0.596. The number of ether oxygens (including phenoxy) is 1. The van der Waals surface area contributed by atoms with Gasteiger partial charge in [-0.15, -0.1) is 11.3 Å². The maximum absolute atomic E-state index is 12.2. The third-order valence-electron chi connectivity index (χ3n) is 3.99. The number of rotatable bonds is 6. The van der Waals surface area contributed by atoms with Crippen molar-refractivity contribution in [3.8, 4) is 11.8 Å². The van der Waals surface area contributed by atoms with E-state index in [0.717, 1.165) is 26.2 Å². The van der Waals surface area contributed by atoms with Gasteiger partial charge in [0.05, 0.1) is 23.7 Å². The molecule has 1 aromatic heterocycles. The van der Waals surface area contributed by atoms with Crippen LogP contribution in [0.3, 0.4) is 0 Å². The lowest BCUT2D eigenvalue weighted by Gasteiger charge is -2.15. The Kier molecular flexibility index (Phi) is 6.59. The van der Waals surface area contributed by atoms with E-state index in [1.54, 1.807) is 7.11 Å². The predicted molar refractivity (Wildman–Crippen MR) is 104 cm³/mol. The van der Waals surface area contributed by atoms with E-state index in [2.05, 4.69) is 32.6 Å². The van der Waals surface area contributed by atoms with Gasteiger partial charge in [-0.2, -0.15) is 5.26 Å². The highest BCUT2D eigenvalue weighted by Crippen LogP contribution is 2.31. The van der Waals surface area contributed by atoms with Gasteiger partial charge in [0.2, 0.25) is 5.91 Å². The number of amides is 1. The number of halogens is 1. The summed E-state index contributed by atoms with van der Waals surface area (Å²) >= 11 is 4.89. The molecule has 0 saturated carbocycles. The van der Waals surface area contributed by atoms with Crippen molar-refractivity contribution in [3.63, 3.8) is 0 Å². The Morgan fingerprint density at radius 1 is 1.44 bits per heavy atom. The molecule has 1 heterocycles. The summed E-state index contributed by atoms with van der Waals surface area (Å²) in [6.45, 7) is 5.98. The first-order valence-corrected chi connectivity index (χ1v) is 9.35. The molecular formula is C18H20BrN3O2S. The number of benzene rings is 1. The van der Waals surface area contributed by atoms with Gasteiger partial charge in [0.15, 0.2) is 0 Å². The van der Waals surface area contributed by atoms with E-state index >= 15 is 0 Å². The fourth-order valence-electron chi connectivity index (χ4n) is 2.34. The van der Waals surface area contributed by atoms with Gasteiger partial charge in [-0.1, -0.05) is 6.07 Å². The van der Waals surface area contributed by atoms with E-state index in [9.17, 15) is 10.1 Å². The first-order chi connectivity index (χ1) is 11.9. The fourth-order valence-corrected chi connectivity index (χ4v) is 3.92. The molecule has 2 rings (SSSR count). The zero-order valence-corrected chi connectivity index (χ0v) is 17.0. The Balaban J connectivity index is 1.97. The molecule has 0 aliphatic heterocycles. The number of hydrogen-bond acceptors (Lipinski definition) is 5. The second-order valence-corrected chi connectivity index (χ2v) is 7.72. The van der Waals surface area contributed by atoms with Gasteiger partial charge in [0.25, 0.3) is 0 Å². The third kappa shape index (κ3) is 4.60. The SMILES string of the molecule is COc1ccc(C(C)NCC(=O)Nc2sc(C)c(C)c2C#N)cc1Br. The van der Waals surface area contributed by atoms with Crippen LogP contribution in [0.15, 0.2) is 22.7 Å². The molecule has 7 heteroatoms. The number of methoxy groups -OCH3 is 1. The van der Waals surface area contributed by atoms with Gasteiger partial charge in [-0.25, -0.2) is 0 Å². The molecule has 0 aliphatic rings. The van der Waals surface area contributed by atoms with Crippen LogP contribution in [-0.2, 0) is 4.79 Å². The summed E-state index contributed by atoms with van der Waals surface area (Å²) < 4.78 is 6.09. The Morgan fingerprint density at radius 3 is 2.76 bits per heavy atom. The van der Waals surface area contributed by atoms with E-state index < -0.39 is 0 Å². The molecule has 2 aromatic rings. The van der Waals surface area contributed by atoms with E-state index in [0.29, 0.717) is 10.6 Å². The van der Waals surface area contributed by atoms with Crippen LogP contribution in [-0.4, -0.2) is 19.6 Å². The monoisotopic (exact) mass is 421 g/mol. The quantitative estimate of drug-likeness (QED) is 0.728. The number of aryl methyl sites for hydroxylation is 1. The summed E-state index contributed by atoms with van der Waals surface area (Å²) in [5.41, 5.74) is 2.51. The summed E-state index contributed by atoms with van der Waals surface area (Å²) in [6, 6.07) is 7.96. The molecule has 2 N–H and O–H groups in total. The van der Waals surface area contributed by atoms with Crippen molar-refractivity contribution >= 4 is 38.2 Å². The molecule has 1 aromatic carbocycles. The minimum atomic E-state index is -0.169. The van der Waals surface area contributed by atoms with Crippen molar-refractivity contribution in [3.05, 3.63) is 44.2 Å². The number of nitriles is 1. The molecule has 1 atom stereocenters. The Bertz CT molecular complexity index is 826. The van der Waals surface area contributed by atoms with Gasteiger partial charge in [-0.3, -0.25) is 4.79 Å². The largest absolute Gasteiger partial charge is 0.496 e. The smallest absolute Gasteiger partial charge is 0.238 e. The fraction of sp³-hybridized carbons (Fsp3) is 0.333. The summed E-state index contributed by atoms with van der Waals surface area (Å²) in [6.07, 6.45) is 0. The van der Waals surface area contributed by atoms with Crippen molar-refractivity contribution in [1.29, 1.82) is 5.26 Å². The minimum absolute atomic E-state index is 0.00444. The summed E-state index contributed by atoms with van der Waals surface area (Å²) in [5, 5.41) is 15.9. The Hall–Kier alpha value is -1.88. The number of carbonyl (C=O) groups is 1. The van der Waals surface area contributed by atoms with Crippen LogP contribution in [0, 0.1) is 25.2 Å². The number of anilines is 1. The lowest BCUT2D eigenvalue weighted by molar-refractivity contribution is -0.115.